The zero-order chi connectivity index (χ0) is 20.0. The van der Waals surface area contributed by atoms with Gasteiger partial charge in [0.25, 0.3) is 0 Å². The molecule has 1 aromatic heterocycles. The maximum absolute atomic E-state index is 12.7. The summed E-state index contributed by atoms with van der Waals surface area (Å²) in [7, 11) is 0. The molecule has 0 spiro atoms. The monoisotopic (exact) mass is 380 g/mol. The van der Waals surface area contributed by atoms with E-state index in [9.17, 15) is 14.7 Å². The van der Waals surface area contributed by atoms with Crippen LogP contribution in [0.3, 0.4) is 0 Å². The Morgan fingerprint density at radius 3 is 2.79 bits per heavy atom. The molecule has 28 heavy (non-hydrogen) atoms. The lowest BCUT2D eigenvalue weighted by molar-refractivity contribution is 0.0695. The number of fused-ring (bicyclic) bond motifs is 1. The maximum atomic E-state index is 12.7. The van der Waals surface area contributed by atoms with Gasteiger partial charge >= 0.3 is 5.97 Å². The quantitative estimate of drug-likeness (QED) is 0.824. The van der Waals surface area contributed by atoms with Crippen molar-refractivity contribution in [3.05, 3.63) is 39.7 Å². The standard InChI is InChI=1S/C21H24N4O3/c1-12-18(24-7-6-13(10-24)8-14(23)9-22)5-4-16-19(12)25(15-2-3-15)11-17(20(16)26)21(27)28/h4-5,11,13-15H,2-3,6-8,10,23H2,1H3,(H,27,28). The van der Waals surface area contributed by atoms with Crippen LogP contribution < -0.4 is 16.1 Å². The Kier molecular flexibility index (Phi) is 4.60. The van der Waals surface area contributed by atoms with E-state index in [-0.39, 0.29) is 11.6 Å². The zero-order valence-electron chi connectivity index (χ0n) is 15.9. The number of aryl methyl sites for hydroxylation is 1. The first kappa shape index (κ1) is 18.5. The Morgan fingerprint density at radius 1 is 1.39 bits per heavy atom. The summed E-state index contributed by atoms with van der Waals surface area (Å²) in [4.78, 5) is 26.5. The molecular formula is C21H24N4O3. The van der Waals surface area contributed by atoms with Gasteiger partial charge in [0.05, 0.1) is 17.6 Å². The number of carboxylic acid groups (broad SMARTS) is 1. The summed E-state index contributed by atoms with van der Waals surface area (Å²) in [5.74, 6) is -0.802. The van der Waals surface area contributed by atoms with Crippen molar-refractivity contribution >= 4 is 22.6 Å². The van der Waals surface area contributed by atoms with Gasteiger partial charge in [-0.2, -0.15) is 5.26 Å². The molecule has 1 aliphatic heterocycles. The SMILES string of the molecule is Cc1c(N2CCC(CC(N)C#N)C2)ccc2c(=O)c(C(=O)O)cn(C3CC3)c12. The molecule has 0 radical (unpaired) electrons. The van der Waals surface area contributed by atoms with Gasteiger partial charge in [-0.15, -0.1) is 0 Å². The minimum Gasteiger partial charge on any atom is -0.477 e. The van der Waals surface area contributed by atoms with Crippen molar-refractivity contribution in [2.45, 2.75) is 44.7 Å². The fourth-order valence-corrected chi connectivity index (χ4v) is 4.40. The van der Waals surface area contributed by atoms with Gasteiger partial charge in [-0.25, -0.2) is 4.79 Å². The van der Waals surface area contributed by atoms with Crippen molar-refractivity contribution in [2.24, 2.45) is 11.7 Å². The Hall–Kier alpha value is -2.85. The van der Waals surface area contributed by atoms with Crippen LogP contribution in [0.25, 0.3) is 10.9 Å². The highest BCUT2D eigenvalue weighted by Crippen LogP contribution is 2.39. The van der Waals surface area contributed by atoms with Crippen LogP contribution in [0.1, 0.15) is 47.6 Å². The lowest BCUT2D eigenvalue weighted by Crippen LogP contribution is -2.25. The summed E-state index contributed by atoms with van der Waals surface area (Å²) < 4.78 is 1.98. The van der Waals surface area contributed by atoms with Crippen LogP contribution in [0.5, 0.6) is 0 Å². The van der Waals surface area contributed by atoms with E-state index in [1.54, 1.807) is 6.07 Å². The summed E-state index contributed by atoms with van der Waals surface area (Å²) in [6.07, 6.45) is 5.19. The number of nitriles is 1. The number of aromatic nitrogens is 1. The van der Waals surface area contributed by atoms with Crippen molar-refractivity contribution in [3.8, 4) is 6.07 Å². The molecule has 2 atom stereocenters. The van der Waals surface area contributed by atoms with E-state index in [1.807, 2.05) is 17.6 Å². The maximum Gasteiger partial charge on any atom is 0.341 e. The van der Waals surface area contributed by atoms with Crippen LogP contribution in [0, 0.1) is 24.2 Å². The third-order valence-corrected chi connectivity index (χ3v) is 5.97. The number of hydrogen-bond acceptors (Lipinski definition) is 5. The zero-order valence-corrected chi connectivity index (χ0v) is 15.9. The third kappa shape index (κ3) is 3.14. The van der Waals surface area contributed by atoms with Gasteiger partial charge in [0.2, 0.25) is 5.43 Å². The van der Waals surface area contributed by atoms with Gasteiger partial charge in [-0.3, -0.25) is 4.79 Å². The smallest absolute Gasteiger partial charge is 0.341 e. The lowest BCUT2D eigenvalue weighted by Gasteiger charge is -2.24. The molecule has 2 heterocycles. The van der Waals surface area contributed by atoms with Crippen LogP contribution in [0.4, 0.5) is 5.69 Å². The van der Waals surface area contributed by atoms with Gasteiger partial charge in [0.15, 0.2) is 0 Å². The molecule has 1 saturated carbocycles. The summed E-state index contributed by atoms with van der Waals surface area (Å²) in [5, 5.41) is 18.8. The molecule has 0 amide bonds. The molecule has 0 bridgehead atoms. The minimum atomic E-state index is -1.18. The molecule has 1 aliphatic carbocycles. The van der Waals surface area contributed by atoms with Gasteiger partial charge in [-0.1, -0.05) is 0 Å². The second kappa shape index (κ2) is 6.95. The van der Waals surface area contributed by atoms with Crippen LogP contribution in [-0.4, -0.2) is 34.8 Å². The molecular weight excluding hydrogens is 356 g/mol. The Bertz CT molecular complexity index is 1050. The van der Waals surface area contributed by atoms with E-state index < -0.39 is 17.4 Å². The second-order valence-corrected chi connectivity index (χ2v) is 7.99. The highest BCUT2D eigenvalue weighted by molar-refractivity contribution is 5.95. The van der Waals surface area contributed by atoms with Crippen LogP contribution >= 0.6 is 0 Å². The number of pyridine rings is 1. The minimum absolute atomic E-state index is 0.168. The highest BCUT2D eigenvalue weighted by Gasteiger charge is 2.30. The van der Waals surface area contributed by atoms with E-state index in [2.05, 4.69) is 11.0 Å². The first-order valence-electron chi connectivity index (χ1n) is 9.72. The third-order valence-electron chi connectivity index (χ3n) is 5.97. The molecule has 2 unspecified atom stereocenters. The average molecular weight is 380 g/mol. The number of hydrogen-bond donors (Lipinski definition) is 2. The van der Waals surface area contributed by atoms with Crippen LogP contribution in [0.2, 0.25) is 0 Å². The fourth-order valence-electron chi connectivity index (χ4n) is 4.40. The molecule has 4 rings (SSSR count). The Labute approximate surface area is 163 Å². The van der Waals surface area contributed by atoms with Crippen molar-refractivity contribution in [3.63, 3.8) is 0 Å². The highest BCUT2D eigenvalue weighted by atomic mass is 16.4. The Balaban J connectivity index is 1.76. The van der Waals surface area contributed by atoms with Crippen molar-refractivity contribution < 1.29 is 9.90 Å². The number of carbonyl (C=O) groups is 1. The molecule has 146 valence electrons. The number of aromatic carboxylic acids is 1. The summed E-state index contributed by atoms with van der Waals surface area (Å²) in [5.41, 5.74) is 8.11. The van der Waals surface area contributed by atoms with E-state index in [4.69, 9.17) is 11.0 Å². The van der Waals surface area contributed by atoms with Crippen molar-refractivity contribution in [1.29, 1.82) is 5.26 Å². The first-order valence-corrected chi connectivity index (χ1v) is 9.72. The number of nitrogens with two attached hydrogens (primary N) is 1. The van der Waals surface area contributed by atoms with E-state index in [1.165, 1.54) is 6.20 Å². The molecule has 2 fully saturated rings. The average Bonchev–Trinajstić information content (AvgIpc) is 3.41. The molecule has 7 nitrogen and oxygen atoms in total. The number of rotatable bonds is 5. The van der Waals surface area contributed by atoms with Crippen molar-refractivity contribution in [2.75, 3.05) is 18.0 Å². The van der Waals surface area contributed by atoms with Crippen LogP contribution in [0.15, 0.2) is 23.1 Å². The van der Waals surface area contributed by atoms with E-state index in [0.29, 0.717) is 17.7 Å². The van der Waals surface area contributed by atoms with Gasteiger partial charge < -0.3 is 20.3 Å². The first-order chi connectivity index (χ1) is 13.4. The van der Waals surface area contributed by atoms with Crippen LogP contribution in [-0.2, 0) is 0 Å². The lowest BCUT2D eigenvalue weighted by atomic mass is 10.0. The second-order valence-electron chi connectivity index (χ2n) is 7.99. The topological polar surface area (TPSA) is 112 Å². The summed E-state index contributed by atoms with van der Waals surface area (Å²) >= 11 is 0. The predicted molar refractivity (Wildman–Crippen MR) is 107 cm³/mol. The molecule has 1 aromatic carbocycles. The Morgan fingerprint density at radius 2 is 2.14 bits per heavy atom. The number of anilines is 1. The summed E-state index contributed by atoms with van der Waals surface area (Å²) in [6.45, 7) is 3.73. The normalized spacial score (nSPS) is 20.3. The number of carboxylic acids is 1. The molecule has 3 N–H and O–H groups in total. The van der Waals surface area contributed by atoms with E-state index >= 15 is 0 Å². The van der Waals surface area contributed by atoms with Gasteiger partial charge in [0.1, 0.15) is 5.56 Å². The largest absolute Gasteiger partial charge is 0.477 e. The van der Waals surface area contributed by atoms with Gasteiger partial charge in [-0.05, 0) is 56.2 Å². The van der Waals surface area contributed by atoms with E-state index in [0.717, 1.165) is 49.1 Å². The van der Waals surface area contributed by atoms with Crippen molar-refractivity contribution in [1.82, 2.24) is 4.57 Å². The molecule has 1 saturated heterocycles. The fraction of sp³-hybridized carbons (Fsp3) is 0.476. The summed E-state index contributed by atoms with van der Waals surface area (Å²) in [6, 6.07) is 5.62. The number of benzene rings is 1. The van der Waals surface area contributed by atoms with Gasteiger partial charge in [0, 0.05) is 36.4 Å². The predicted octanol–water partition coefficient (Wildman–Crippen LogP) is 2.41. The molecule has 2 aliphatic rings. The number of nitrogens with zero attached hydrogens (tertiary/aromatic N) is 3. The molecule has 2 aromatic rings. The molecule has 7 heteroatoms.